The van der Waals surface area contributed by atoms with E-state index in [1.165, 1.54) is 0 Å². The summed E-state index contributed by atoms with van der Waals surface area (Å²) in [6, 6.07) is 7.42. The first-order valence-corrected chi connectivity index (χ1v) is 6.79. The second-order valence-corrected chi connectivity index (χ2v) is 5.01. The summed E-state index contributed by atoms with van der Waals surface area (Å²) in [5, 5.41) is 10.5. The number of carbonyl (C=O) groups excluding carboxylic acids is 1. The van der Waals surface area contributed by atoms with Crippen molar-refractivity contribution in [1.82, 2.24) is 15.5 Å². The van der Waals surface area contributed by atoms with E-state index in [-0.39, 0.29) is 5.91 Å². The Hall–Kier alpha value is -1.85. The molecule has 2 heterocycles. The Balaban J connectivity index is 1.71. The minimum atomic E-state index is -0.215. The molecule has 1 aliphatic heterocycles. The number of hydrogen-bond acceptors (Lipinski definition) is 3. The van der Waals surface area contributed by atoms with Gasteiger partial charge >= 0.3 is 0 Å². The molecule has 0 bridgehead atoms. The second-order valence-electron chi connectivity index (χ2n) is 4.61. The van der Waals surface area contributed by atoms with Crippen molar-refractivity contribution < 1.29 is 9.53 Å². The normalized spacial score (nSPS) is 13.8. The number of rotatable bonds is 3. The maximum absolute atomic E-state index is 12.2. The summed E-state index contributed by atoms with van der Waals surface area (Å²) in [6.45, 7) is 1.47. The molecule has 1 aromatic carbocycles. The third-order valence-electron chi connectivity index (χ3n) is 3.31. The Morgan fingerprint density at radius 3 is 3.15 bits per heavy atom. The molecule has 0 aliphatic carbocycles. The highest BCUT2D eigenvalue weighted by molar-refractivity contribution is 6.31. The van der Waals surface area contributed by atoms with Gasteiger partial charge < -0.3 is 10.1 Å². The Kier molecular flexibility index (Phi) is 3.71. The van der Waals surface area contributed by atoms with Crippen LogP contribution >= 0.6 is 11.6 Å². The molecule has 0 radical (unpaired) electrons. The van der Waals surface area contributed by atoms with E-state index in [1.807, 2.05) is 18.2 Å². The summed E-state index contributed by atoms with van der Waals surface area (Å²) in [4.78, 5) is 12.2. The molecule has 20 heavy (non-hydrogen) atoms. The summed E-state index contributed by atoms with van der Waals surface area (Å²) in [5.74, 6) is -0.215. The number of benzene rings is 1. The average molecular weight is 292 g/mol. The van der Waals surface area contributed by atoms with Crippen LogP contribution in [-0.2, 0) is 24.3 Å². The molecule has 1 amide bonds. The van der Waals surface area contributed by atoms with Gasteiger partial charge in [0.05, 0.1) is 13.2 Å². The Labute approximate surface area is 121 Å². The van der Waals surface area contributed by atoms with Gasteiger partial charge in [-0.05, 0) is 11.6 Å². The van der Waals surface area contributed by atoms with Crippen molar-refractivity contribution in [1.29, 1.82) is 0 Å². The van der Waals surface area contributed by atoms with Crippen molar-refractivity contribution in [3.05, 3.63) is 51.8 Å². The van der Waals surface area contributed by atoms with Crippen molar-refractivity contribution in [2.75, 3.05) is 6.61 Å². The van der Waals surface area contributed by atoms with Gasteiger partial charge in [0.15, 0.2) is 5.69 Å². The molecule has 104 valence electrons. The van der Waals surface area contributed by atoms with Gasteiger partial charge in [0.1, 0.15) is 0 Å². The van der Waals surface area contributed by atoms with Crippen LogP contribution < -0.4 is 5.32 Å². The second kappa shape index (κ2) is 5.64. The van der Waals surface area contributed by atoms with E-state index in [0.29, 0.717) is 30.5 Å². The van der Waals surface area contributed by atoms with E-state index in [1.54, 1.807) is 6.07 Å². The zero-order valence-corrected chi connectivity index (χ0v) is 11.5. The predicted molar refractivity (Wildman–Crippen MR) is 74.6 cm³/mol. The van der Waals surface area contributed by atoms with Crippen molar-refractivity contribution in [3.63, 3.8) is 0 Å². The number of H-pyrrole nitrogens is 1. The molecule has 2 aromatic rings. The minimum absolute atomic E-state index is 0.215. The van der Waals surface area contributed by atoms with Crippen molar-refractivity contribution >= 4 is 17.5 Å². The van der Waals surface area contributed by atoms with Crippen LogP contribution in [0.4, 0.5) is 0 Å². The van der Waals surface area contributed by atoms with E-state index >= 15 is 0 Å². The summed E-state index contributed by atoms with van der Waals surface area (Å²) in [7, 11) is 0. The fraction of sp³-hybridized carbons (Fsp3) is 0.286. The van der Waals surface area contributed by atoms with E-state index in [4.69, 9.17) is 16.3 Å². The lowest BCUT2D eigenvalue weighted by atomic mass is 10.1. The molecule has 0 fully saturated rings. The third-order valence-corrected chi connectivity index (χ3v) is 3.68. The topological polar surface area (TPSA) is 67.0 Å². The quantitative estimate of drug-likeness (QED) is 0.910. The maximum atomic E-state index is 12.2. The Morgan fingerprint density at radius 2 is 2.30 bits per heavy atom. The molecule has 0 atom stereocenters. The zero-order valence-electron chi connectivity index (χ0n) is 10.8. The highest BCUT2D eigenvalue weighted by atomic mass is 35.5. The molecule has 0 saturated carbocycles. The van der Waals surface area contributed by atoms with Crippen molar-refractivity contribution in [3.8, 4) is 0 Å². The van der Waals surface area contributed by atoms with E-state index < -0.39 is 0 Å². The molecule has 6 heteroatoms. The molecule has 0 saturated heterocycles. The lowest BCUT2D eigenvalue weighted by Gasteiger charge is -2.12. The SMILES string of the molecule is O=C(NCc1ccccc1Cl)c1n[nH]c2c1COCC2. The first-order chi connectivity index (χ1) is 9.75. The predicted octanol–water partition coefficient (Wildman–Crippen LogP) is 2.07. The fourth-order valence-corrected chi connectivity index (χ4v) is 2.40. The van der Waals surface area contributed by atoms with Gasteiger partial charge in [-0.15, -0.1) is 0 Å². The zero-order chi connectivity index (χ0) is 13.9. The van der Waals surface area contributed by atoms with Gasteiger partial charge in [-0.3, -0.25) is 9.89 Å². The standard InChI is InChI=1S/C14H14ClN3O2/c15-11-4-2-1-3-9(11)7-16-14(19)13-10-8-20-6-5-12(10)17-18-13/h1-4H,5-8H2,(H,16,19)(H,17,18). The van der Waals surface area contributed by atoms with E-state index in [9.17, 15) is 4.79 Å². The Bertz CT molecular complexity index is 639. The van der Waals surface area contributed by atoms with Crippen molar-refractivity contribution in [2.45, 2.75) is 19.6 Å². The van der Waals surface area contributed by atoms with Gasteiger partial charge in [0.25, 0.3) is 5.91 Å². The number of amides is 1. The van der Waals surface area contributed by atoms with Gasteiger partial charge in [-0.2, -0.15) is 5.10 Å². The van der Waals surface area contributed by atoms with Crippen LogP contribution in [0, 0.1) is 0 Å². The number of ether oxygens (including phenoxy) is 1. The lowest BCUT2D eigenvalue weighted by molar-refractivity contribution is 0.0922. The number of nitrogens with zero attached hydrogens (tertiary/aromatic N) is 1. The molecule has 3 rings (SSSR count). The number of carbonyl (C=O) groups is 1. The number of aromatic nitrogens is 2. The van der Waals surface area contributed by atoms with Gasteiger partial charge in [0, 0.05) is 29.2 Å². The van der Waals surface area contributed by atoms with Crippen LogP contribution in [0.5, 0.6) is 0 Å². The molecule has 1 aliphatic rings. The molecule has 0 spiro atoms. The van der Waals surface area contributed by atoms with Crippen LogP contribution in [0.2, 0.25) is 5.02 Å². The van der Waals surface area contributed by atoms with Crippen LogP contribution in [0.15, 0.2) is 24.3 Å². The number of hydrogen-bond donors (Lipinski definition) is 2. The highest BCUT2D eigenvalue weighted by Crippen LogP contribution is 2.18. The number of fused-ring (bicyclic) bond motifs is 1. The van der Waals surface area contributed by atoms with Crippen LogP contribution in [-0.4, -0.2) is 22.7 Å². The largest absolute Gasteiger partial charge is 0.376 e. The molecule has 2 N–H and O–H groups in total. The summed E-state index contributed by atoms with van der Waals surface area (Å²) >= 11 is 6.05. The van der Waals surface area contributed by atoms with Crippen LogP contribution in [0.25, 0.3) is 0 Å². The minimum Gasteiger partial charge on any atom is -0.376 e. The van der Waals surface area contributed by atoms with Crippen molar-refractivity contribution in [2.24, 2.45) is 0 Å². The fourth-order valence-electron chi connectivity index (χ4n) is 2.20. The first-order valence-electron chi connectivity index (χ1n) is 6.41. The van der Waals surface area contributed by atoms with Gasteiger partial charge in [0.2, 0.25) is 0 Å². The molecule has 1 aromatic heterocycles. The maximum Gasteiger partial charge on any atom is 0.272 e. The van der Waals surface area contributed by atoms with Crippen LogP contribution in [0.1, 0.15) is 27.3 Å². The van der Waals surface area contributed by atoms with Crippen LogP contribution in [0.3, 0.4) is 0 Å². The number of aromatic amines is 1. The van der Waals surface area contributed by atoms with Gasteiger partial charge in [-0.25, -0.2) is 0 Å². The Morgan fingerprint density at radius 1 is 1.45 bits per heavy atom. The molecular weight excluding hydrogens is 278 g/mol. The molecule has 0 unspecified atom stereocenters. The smallest absolute Gasteiger partial charge is 0.272 e. The van der Waals surface area contributed by atoms with E-state index in [0.717, 1.165) is 23.2 Å². The summed E-state index contributed by atoms with van der Waals surface area (Å²) in [5.41, 5.74) is 3.13. The monoisotopic (exact) mass is 291 g/mol. The number of nitrogens with one attached hydrogen (secondary N) is 2. The summed E-state index contributed by atoms with van der Waals surface area (Å²) in [6.07, 6.45) is 0.764. The summed E-state index contributed by atoms with van der Waals surface area (Å²) < 4.78 is 5.37. The third kappa shape index (κ3) is 2.55. The van der Waals surface area contributed by atoms with E-state index in [2.05, 4.69) is 15.5 Å². The molecule has 5 nitrogen and oxygen atoms in total. The highest BCUT2D eigenvalue weighted by Gasteiger charge is 2.21. The average Bonchev–Trinajstić information content (AvgIpc) is 2.90. The molecular formula is C14H14ClN3O2. The van der Waals surface area contributed by atoms with Gasteiger partial charge in [-0.1, -0.05) is 29.8 Å². The first kappa shape index (κ1) is 13.1. The number of halogens is 1. The lowest BCUT2D eigenvalue weighted by Crippen LogP contribution is -2.25.